The number of aromatic nitrogens is 2. The molecule has 25 heavy (non-hydrogen) atoms. The van der Waals surface area contributed by atoms with Crippen molar-refractivity contribution < 1.29 is 9.90 Å². The molecule has 4 aromatic rings. The van der Waals surface area contributed by atoms with Crippen LogP contribution in [0.2, 0.25) is 0 Å². The first-order chi connectivity index (χ1) is 12.2. The summed E-state index contributed by atoms with van der Waals surface area (Å²) in [7, 11) is 0. The molecule has 0 aliphatic carbocycles. The summed E-state index contributed by atoms with van der Waals surface area (Å²) in [5.41, 5.74) is 3.49. The van der Waals surface area contributed by atoms with Gasteiger partial charge in [-0.2, -0.15) is 0 Å². The monoisotopic (exact) mass is 387 g/mol. The van der Waals surface area contributed by atoms with Crippen molar-refractivity contribution in [1.82, 2.24) is 9.97 Å². The van der Waals surface area contributed by atoms with E-state index in [0.717, 1.165) is 27.3 Å². The van der Waals surface area contributed by atoms with Crippen LogP contribution in [-0.2, 0) is 11.2 Å². The first-order valence-electron chi connectivity index (χ1n) is 7.44. The second-order valence-corrected chi connectivity index (χ2v) is 8.22. The van der Waals surface area contributed by atoms with Gasteiger partial charge in [-0.15, -0.1) is 22.7 Å². The van der Waals surface area contributed by atoms with Crippen LogP contribution in [0.4, 0.5) is 5.69 Å². The highest BCUT2D eigenvalue weighted by molar-refractivity contribution is 8.02. The second-order valence-electron chi connectivity index (χ2n) is 5.30. The van der Waals surface area contributed by atoms with Gasteiger partial charge in [-0.05, 0) is 35.5 Å². The number of H-pyrrole nitrogens is 1. The summed E-state index contributed by atoms with van der Waals surface area (Å²) >= 11 is 4.72. The number of thiophene rings is 1. The summed E-state index contributed by atoms with van der Waals surface area (Å²) in [5.74, 6) is -0.870. The van der Waals surface area contributed by atoms with E-state index in [2.05, 4.69) is 26.1 Å². The molecule has 0 saturated heterocycles. The van der Waals surface area contributed by atoms with Crippen LogP contribution in [0.15, 0.2) is 51.4 Å². The van der Waals surface area contributed by atoms with E-state index in [1.54, 1.807) is 28.7 Å². The van der Waals surface area contributed by atoms with Crippen LogP contribution in [0.3, 0.4) is 0 Å². The van der Waals surface area contributed by atoms with E-state index in [9.17, 15) is 4.79 Å². The van der Waals surface area contributed by atoms with Gasteiger partial charge in [0.15, 0.2) is 0 Å². The van der Waals surface area contributed by atoms with Crippen LogP contribution in [-0.4, -0.2) is 21.0 Å². The van der Waals surface area contributed by atoms with Gasteiger partial charge in [0.1, 0.15) is 5.01 Å². The summed E-state index contributed by atoms with van der Waals surface area (Å²) in [6.07, 6.45) is -0.0546. The van der Waals surface area contributed by atoms with E-state index in [0.29, 0.717) is 5.69 Å². The number of carboxylic acids is 1. The molecule has 0 unspecified atom stereocenters. The summed E-state index contributed by atoms with van der Waals surface area (Å²) in [6, 6.07) is 12.2. The van der Waals surface area contributed by atoms with Crippen LogP contribution in [0.25, 0.3) is 21.6 Å². The molecule has 0 atom stereocenters. The number of benzene rings is 1. The SMILES string of the molecule is O=C(O)Cc1csc(-c2cc3cccc(NSc4cccs4)c3[nH]2)n1. The Labute approximate surface area is 155 Å². The molecule has 0 aliphatic heterocycles. The Kier molecular flexibility index (Phi) is 4.48. The molecule has 0 fully saturated rings. The summed E-state index contributed by atoms with van der Waals surface area (Å²) in [6.45, 7) is 0. The minimum absolute atomic E-state index is 0.0546. The van der Waals surface area contributed by atoms with Gasteiger partial charge < -0.3 is 14.8 Å². The normalized spacial score (nSPS) is 11.0. The predicted molar refractivity (Wildman–Crippen MR) is 105 cm³/mol. The molecule has 3 heterocycles. The largest absolute Gasteiger partial charge is 0.481 e. The highest BCUT2D eigenvalue weighted by Crippen LogP contribution is 2.33. The molecule has 0 amide bonds. The van der Waals surface area contributed by atoms with Crippen LogP contribution >= 0.6 is 34.6 Å². The van der Waals surface area contributed by atoms with Gasteiger partial charge in [0.25, 0.3) is 0 Å². The molecule has 0 aliphatic rings. The molecule has 4 rings (SSSR count). The van der Waals surface area contributed by atoms with Gasteiger partial charge in [0.05, 0.1) is 33.2 Å². The maximum atomic E-state index is 10.8. The van der Waals surface area contributed by atoms with Gasteiger partial charge in [-0.25, -0.2) is 4.98 Å². The van der Waals surface area contributed by atoms with E-state index in [-0.39, 0.29) is 6.42 Å². The van der Waals surface area contributed by atoms with E-state index in [1.807, 2.05) is 30.3 Å². The standard InChI is InChI=1S/C17H13N3O2S3/c21-14(22)8-11-9-24-17(18-11)13-7-10-3-1-4-12(16(10)19-13)20-25-15-5-2-6-23-15/h1-7,9,19-20H,8H2,(H,21,22). The Bertz CT molecular complexity index is 1020. The van der Waals surface area contributed by atoms with Crippen molar-refractivity contribution in [3.8, 4) is 10.7 Å². The van der Waals surface area contributed by atoms with Gasteiger partial charge in [-0.3, -0.25) is 4.79 Å². The number of aromatic amines is 1. The van der Waals surface area contributed by atoms with Gasteiger partial charge >= 0.3 is 5.97 Å². The molecule has 8 heteroatoms. The van der Waals surface area contributed by atoms with Crippen molar-refractivity contribution >= 4 is 57.2 Å². The van der Waals surface area contributed by atoms with Crippen LogP contribution < -0.4 is 4.72 Å². The summed E-state index contributed by atoms with van der Waals surface area (Å²) < 4.78 is 4.58. The third-order valence-electron chi connectivity index (χ3n) is 3.53. The zero-order valence-corrected chi connectivity index (χ0v) is 15.3. The Morgan fingerprint density at radius 1 is 1.28 bits per heavy atom. The van der Waals surface area contributed by atoms with Crippen molar-refractivity contribution in [1.29, 1.82) is 0 Å². The fraction of sp³-hybridized carbons (Fsp3) is 0.0588. The van der Waals surface area contributed by atoms with E-state index >= 15 is 0 Å². The smallest absolute Gasteiger partial charge is 0.309 e. The second kappa shape index (κ2) is 6.91. The third kappa shape index (κ3) is 3.55. The number of carbonyl (C=O) groups is 1. The zero-order chi connectivity index (χ0) is 17.2. The number of thiazole rings is 1. The minimum atomic E-state index is -0.870. The molecule has 0 saturated carbocycles. The first kappa shape index (κ1) is 16.2. The van der Waals surface area contributed by atoms with Crippen molar-refractivity contribution in [2.75, 3.05) is 4.72 Å². The number of rotatable bonds is 6. The summed E-state index contributed by atoms with van der Waals surface area (Å²) in [4.78, 5) is 18.6. The van der Waals surface area contributed by atoms with E-state index in [1.165, 1.54) is 15.5 Å². The highest BCUT2D eigenvalue weighted by Gasteiger charge is 2.12. The minimum Gasteiger partial charge on any atom is -0.481 e. The lowest BCUT2D eigenvalue weighted by atomic mass is 10.2. The van der Waals surface area contributed by atoms with Gasteiger partial charge in [0, 0.05) is 10.8 Å². The molecule has 1 aromatic carbocycles. The van der Waals surface area contributed by atoms with Crippen LogP contribution in [0.5, 0.6) is 0 Å². The maximum Gasteiger partial charge on any atom is 0.309 e. The Balaban J connectivity index is 1.62. The molecule has 0 bridgehead atoms. The average molecular weight is 388 g/mol. The molecule has 3 aromatic heterocycles. The lowest BCUT2D eigenvalue weighted by Gasteiger charge is -2.04. The zero-order valence-electron chi connectivity index (χ0n) is 12.9. The highest BCUT2D eigenvalue weighted by atomic mass is 32.2. The Morgan fingerprint density at radius 2 is 2.20 bits per heavy atom. The maximum absolute atomic E-state index is 10.8. The number of nitrogens with one attached hydrogen (secondary N) is 2. The number of anilines is 1. The van der Waals surface area contributed by atoms with E-state index < -0.39 is 5.97 Å². The Hall–Kier alpha value is -2.29. The molecular weight excluding hydrogens is 374 g/mol. The van der Waals surface area contributed by atoms with E-state index in [4.69, 9.17) is 5.11 Å². The fourth-order valence-electron chi connectivity index (χ4n) is 2.45. The first-order valence-corrected chi connectivity index (χ1v) is 10.0. The van der Waals surface area contributed by atoms with Gasteiger partial charge in [-0.1, -0.05) is 18.2 Å². The molecule has 3 N–H and O–H groups in total. The van der Waals surface area contributed by atoms with Crippen molar-refractivity contribution in [2.24, 2.45) is 0 Å². The Morgan fingerprint density at radius 3 is 3.00 bits per heavy atom. The molecule has 0 spiro atoms. The fourth-order valence-corrected chi connectivity index (χ4v) is 4.70. The number of hydrogen-bond acceptors (Lipinski definition) is 6. The predicted octanol–water partition coefficient (Wildman–Crippen LogP) is 5.10. The third-order valence-corrected chi connectivity index (χ3v) is 6.31. The molecule has 126 valence electrons. The summed E-state index contributed by atoms with van der Waals surface area (Å²) in [5, 5.41) is 14.6. The quantitative estimate of drug-likeness (QED) is 0.401. The number of aliphatic carboxylic acids is 1. The molecule has 0 radical (unpaired) electrons. The lowest BCUT2D eigenvalue weighted by Crippen LogP contribution is -1.99. The van der Waals surface area contributed by atoms with Crippen LogP contribution in [0.1, 0.15) is 5.69 Å². The number of para-hydroxylation sites is 1. The molecule has 5 nitrogen and oxygen atoms in total. The topological polar surface area (TPSA) is 78.0 Å². The molecular formula is C17H13N3O2S3. The number of hydrogen-bond donors (Lipinski definition) is 3. The van der Waals surface area contributed by atoms with Crippen molar-refractivity contribution in [3.05, 3.63) is 52.9 Å². The number of carboxylic acid groups (broad SMARTS) is 1. The van der Waals surface area contributed by atoms with Crippen molar-refractivity contribution in [3.63, 3.8) is 0 Å². The lowest BCUT2D eigenvalue weighted by molar-refractivity contribution is -0.136. The average Bonchev–Trinajstić information content (AvgIpc) is 3.32. The number of nitrogens with zero attached hydrogens (tertiary/aromatic N) is 1. The van der Waals surface area contributed by atoms with Gasteiger partial charge in [0.2, 0.25) is 0 Å². The van der Waals surface area contributed by atoms with Crippen molar-refractivity contribution in [2.45, 2.75) is 10.6 Å². The number of fused-ring (bicyclic) bond motifs is 1. The van der Waals surface area contributed by atoms with Crippen LogP contribution in [0, 0.1) is 0 Å².